The summed E-state index contributed by atoms with van der Waals surface area (Å²) in [5, 5.41) is 0.532. The number of aromatic nitrogens is 2. The number of aromatic amines is 1. The van der Waals surface area contributed by atoms with Gasteiger partial charge in [0.1, 0.15) is 11.6 Å². The second-order valence-electron chi connectivity index (χ2n) is 7.26. The predicted octanol–water partition coefficient (Wildman–Crippen LogP) is 3.39. The van der Waals surface area contributed by atoms with Crippen LogP contribution in [0, 0.1) is 6.92 Å². The molecule has 0 radical (unpaired) electrons. The molecular weight excluding hydrogens is 354 g/mol. The molecule has 6 nitrogen and oxygen atoms in total. The van der Waals surface area contributed by atoms with Crippen molar-refractivity contribution in [2.75, 3.05) is 13.7 Å². The Bertz CT molecular complexity index is 1060. The van der Waals surface area contributed by atoms with Crippen LogP contribution >= 0.6 is 0 Å². The van der Waals surface area contributed by atoms with Crippen LogP contribution in [0.25, 0.3) is 10.9 Å². The summed E-state index contributed by atoms with van der Waals surface area (Å²) in [6.07, 6.45) is 0. The number of carbonyl (C=O) groups is 1. The maximum absolute atomic E-state index is 12.5. The number of para-hydroxylation sites is 1. The van der Waals surface area contributed by atoms with Crippen LogP contribution in [0.1, 0.15) is 36.7 Å². The smallest absolute Gasteiger partial charge is 0.260 e. The SMILES string of the molecule is Cc1ccc(C(C)C)c(OCC(=O)N(C)Cc2nc3ccccc3c(=O)[nH]2)c1. The highest BCUT2D eigenvalue weighted by molar-refractivity contribution is 5.78. The normalized spacial score (nSPS) is 11.0. The lowest BCUT2D eigenvalue weighted by atomic mass is 10.0. The molecule has 0 spiro atoms. The second-order valence-corrected chi connectivity index (χ2v) is 7.26. The fourth-order valence-corrected chi connectivity index (χ4v) is 3.02. The van der Waals surface area contributed by atoms with Crippen molar-refractivity contribution in [2.45, 2.75) is 33.2 Å². The van der Waals surface area contributed by atoms with E-state index in [4.69, 9.17) is 4.74 Å². The number of aryl methyl sites for hydroxylation is 1. The molecule has 0 aliphatic carbocycles. The van der Waals surface area contributed by atoms with E-state index in [0.717, 1.165) is 16.9 Å². The molecule has 0 saturated heterocycles. The van der Waals surface area contributed by atoms with Crippen LogP contribution in [-0.4, -0.2) is 34.4 Å². The number of hydrogen-bond donors (Lipinski definition) is 1. The highest BCUT2D eigenvalue weighted by Gasteiger charge is 2.15. The van der Waals surface area contributed by atoms with Gasteiger partial charge in [-0.25, -0.2) is 4.98 Å². The third kappa shape index (κ3) is 4.39. The predicted molar refractivity (Wildman–Crippen MR) is 110 cm³/mol. The van der Waals surface area contributed by atoms with Crippen molar-refractivity contribution >= 4 is 16.8 Å². The molecule has 2 aromatic carbocycles. The van der Waals surface area contributed by atoms with Gasteiger partial charge in [0, 0.05) is 7.05 Å². The number of likely N-dealkylation sites (N-methyl/N-ethyl adjacent to an activating group) is 1. The molecule has 0 unspecified atom stereocenters. The first kappa shape index (κ1) is 19.6. The summed E-state index contributed by atoms with van der Waals surface area (Å²) in [6.45, 7) is 6.30. The van der Waals surface area contributed by atoms with Crippen molar-refractivity contribution in [3.63, 3.8) is 0 Å². The standard InChI is InChI=1S/C22H25N3O3/c1-14(2)16-10-9-15(3)11-19(16)28-13-21(26)25(4)12-20-23-18-8-6-5-7-17(18)22(27)24-20/h5-11,14H,12-13H2,1-4H3,(H,23,24,27). The third-order valence-electron chi connectivity index (χ3n) is 4.62. The second kappa shape index (κ2) is 8.25. The minimum Gasteiger partial charge on any atom is -0.483 e. The van der Waals surface area contributed by atoms with Crippen LogP contribution < -0.4 is 10.3 Å². The van der Waals surface area contributed by atoms with Gasteiger partial charge >= 0.3 is 0 Å². The topological polar surface area (TPSA) is 75.3 Å². The highest BCUT2D eigenvalue weighted by Crippen LogP contribution is 2.27. The maximum Gasteiger partial charge on any atom is 0.260 e. The van der Waals surface area contributed by atoms with E-state index in [0.29, 0.717) is 22.6 Å². The number of hydrogen-bond acceptors (Lipinski definition) is 4. The van der Waals surface area contributed by atoms with E-state index in [1.807, 2.05) is 31.2 Å². The number of amides is 1. The van der Waals surface area contributed by atoms with Crippen LogP contribution in [-0.2, 0) is 11.3 Å². The highest BCUT2D eigenvalue weighted by atomic mass is 16.5. The number of nitrogens with zero attached hydrogens (tertiary/aromatic N) is 2. The lowest BCUT2D eigenvalue weighted by Crippen LogP contribution is -2.32. The van der Waals surface area contributed by atoms with Crippen LogP contribution in [0.15, 0.2) is 47.3 Å². The molecule has 0 atom stereocenters. The van der Waals surface area contributed by atoms with Gasteiger partial charge in [-0.2, -0.15) is 0 Å². The van der Waals surface area contributed by atoms with E-state index >= 15 is 0 Å². The lowest BCUT2D eigenvalue weighted by Gasteiger charge is -2.19. The lowest BCUT2D eigenvalue weighted by molar-refractivity contribution is -0.132. The van der Waals surface area contributed by atoms with E-state index < -0.39 is 0 Å². The first-order valence-electron chi connectivity index (χ1n) is 9.30. The Labute approximate surface area is 164 Å². The van der Waals surface area contributed by atoms with Gasteiger partial charge in [-0.1, -0.05) is 38.1 Å². The van der Waals surface area contributed by atoms with Crippen LogP contribution in [0.5, 0.6) is 5.75 Å². The maximum atomic E-state index is 12.5. The van der Waals surface area contributed by atoms with Crippen LogP contribution in [0.3, 0.4) is 0 Å². The molecule has 3 aromatic rings. The van der Waals surface area contributed by atoms with Crippen molar-refractivity contribution in [1.82, 2.24) is 14.9 Å². The summed E-state index contributed by atoms with van der Waals surface area (Å²) >= 11 is 0. The minimum absolute atomic E-state index is 0.0719. The van der Waals surface area contributed by atoms with Crippen molar-refractivity contribution in [3.05, 3.63) is 69.8 Å². The molecule has 1 amide bonds. The van der Waals surface area contributed by atoms with Crippen molar-refractivity contribution < 1.29 is 9.53 Å². The van der Waals surface area contributed by atoms with Gasteiger partial charge in [0.25, 0.3) is 11.5 Å². The summed E-state index contributed by atoms with van der Waals surface area (Å²) in [5.41, 5.74) is 2.55. The Morgan fingerprint density at radius 3 is 2.71 bits per heavy atom. The number of rotatable bonds is 6. The molecule has 0 saturated carbocycles. The summed E-state index contributed by atoms with van der Waals surface area (Å²) in [7, 11) is 1.67. The quantitative estimate of drug-likeness (QED) is 0.712. The summed E-state index contributed by atoms with van der Waals surface area (Å²) in [4.78, 5) is 33.4. The number of H-pyrrole nitrogens is 1. The average Bonchev–Trinajstić information content (AvgIpc) is 2.65. The van der Waals surface area contributed by atoms with Crippen LogP contribution in [0.4, 0.5) is 0 Å². The molecule has 6 heteroatoms. The molecule has 28 heavy (non-hydrogen) atoms. The zero-order chi connectivity index (χ0) is 20.3. The average molecular weight is 379 g/mol. The fraction of sp³-hybridized carbons (Fsp3) is 0.318. The Kier molecular flexibility index (Phi) is 5.78. The number of nitrogens with one attached hydrogen (secondary N) is 1. The van der Waals surface area contributed by atoms with E-state index in [2.05, 4.69) is 23.8 Å². The van der Waals surface area contributed by atoms with Gasteiger partial charge in [0.15, 0.2) is 6.61 Å². The Morgan fingerprint density at radius 2 is 1.96 bits per heavy atom. The zero-order valence-corrected chi connectivity index (χ0v) is 16.7. The fourth-order valence-electron chi connectivity index (χ4n) is 3.02. The van der Waals surface area contributed by atoms with Gasteiger partial charge in [0.05, 0.1) is 17.4 Å². The number of fused-ring (bicyclic) bond motifs is 1. The molecule has 1 aromatic heterocycles. The first-order chi connectivity index (χ1) is 13.3. The number of carbonyl (C=O) groups excluding carboxylic acids is 1. The minimum atomic E-state index is -0.209. The van der Waals surface area contributed by atoms with Gasteiger partial charge in [0.2, 0.25) is 0 Å². The largest absolute Gasteiger partial charge is 0.483 e. The molecule has 0 fully saturated rings. The molecule has 146 valence electrons. The van der Waals surface area contributed by atoms with Gasteiger partial charge in [-0.3, -0.25) is 9.59 Å². The number of benzene rings is 2. The van der Waals surface area contributed by atoms with Gasteiger partial charge in [-0.05, 0) is 42.2 Å². The molecule has 0 bridgehead atoms. The first-order valence-corrected chi connectivity index (χ1v) is 9.30. The molecule has 3 rings (SSSR count). The number of ether oxygens (including phenoxy) is 1. The zero-order valence-electron chi connectivity index (χ0n) is 16.7. The van der Waals surface area contributed by atoms with E-state index in [9.17, 15) is 9.59 Å². The van der Waals surface area contributed by atoms with Gasteiger partial charge in [-0.15, -0.1) is 0 Å². The summed E-state index contributed by atoms with van der Waals surface area (Å²) in [5.74, 6) is 1.29. The van der Waals surface area contributed by atoms with Crippen LogP contribution in [0.2, 0.25) is 0 Å². The molecule has 0 aliphatic heterocycles. The molecular formula is C22H25N3O3. The molecule has 1 N–H and O–H groups in total. The molecule has 1 heterocycles. The third-order valence-corrected chi connectivity index (χ3v) is 4.62. The summed E-state index contributed by atoms with van der Waals surface area (Å²) < 4.78 is 5.81. The Hall–Kier alpha value is -3.15. The van der Waals surface area contributed by atoms with Gasteiger partial charge < -0.3 is 14.6 Å². The van der Waals surface area contributed by atoms with E-state index in [1.54, 1.807) is 25.2 Å². The van der Waals surface area contributed by atoms with Crippen molar-refractivity contribution in [3.8, 4) is 5.75 Å². The molecule has 0 aliphatic rings. The van der Waals surface area contributed by atoms with E-state index in [-0.39, 0.29) is 24.6 Å². The van der Waals surface area contributed by atoms with Crippen molar-refractivity contribution in [2.24, 2.45) is 0 Å². The Morgan fingerprint density at radius 1 is 1.21 bits per heavy atom. The van der Waals surface area contributed by atoms with Crippen molar-refractivity contribution in [1.29, 1.82) is 0 Å². The monoisotopic (exact) mass is 379 g/mol. The summed E-state index contributed by atoms with van der Waals surface area (Å²) in [6, 6.07) is 13.2. The Balaban J connectivity index is 1.69. The van der Waals surface area contributed by atoms with E-state index in [1.165, 1.54) is 4.90 Å².